The molecule has 3 rings (SSSR count). The fraction of sp³-hybridized carbons (Fsp3) is 0.467. The maximum Gasteiger partial charge on any atom is 0.254 e. The van der Waals surface area contributed by atoms with E-state index in [9.17, 15) is 4.79 Å². The molecule has 0 bridgehead atoms. The van der Waals surface area contributed by atoms with Gasteiger partial charge in [-0.15, -0.1) is 0 Å². The van der Waals surface area contributed by atoms with Crippen LogP contribution in [0.15, 0.2) is 10.9 Å². The second kappa shape index (κ2) is 4.90. The largest absolute Gasteiger partial charge is 0.361 e. The molecule has 0 radical (unpaired) electrons. The van der Waals surface area contributed by atoms with Gasteiger partial charge in [0.25, 0.3) is 5.56 Å². The molecule has 0 saturated heterocycles. The molecule has 5 heteroatoms. The Labute approximate surface area is 118 Å². The fourth-order valence-electron chi connectivity index (χ4n) is 2.93. The summed E-state index contributed by atoms with van der Waals surface area (Å²) in [7, 11) is 0. The van der Waals surface area contributed by atoms with Crippen molar-refractivity contribution in [1.82, 2.24) is 19.9 Å². The van der Waals surface area contributed by atoms with E-state index in [2.05, 4.69) is 39.8 Å². The Bertz CT molecular complexity index is 698. The molecule has 0 saturated carbocycles. The lowest BCUT2D eigenvalue weighted by Crippen LogP contribution is -2.35. The summed E-state index contributed by atoms with van der Waals surface area (Å²) < 4.78 is 0. The Morgan fingerprint density at radius 1 is 1.30 bits per heavy atom. The van der Waals surface area contributed by atoms with E-state index in [1.165, 1.54) is 17.0 Å². The van der Waals surface area contributed by atoms with Crippen LogP contribution in [0.4, 0.5) is 0 Å². The summed E-state index contributed by atoms with van der Waals surface area (Å²) in [4.78, 5) is 24.9. The van der Waals surface area contributed by atoms with Crippen LogP contribution in [0.5, 0.6) is 0 Å². The van der Waals surface area contributed by atoms with Crippen molar-refractivity contribution in [1.29, 1.82) is 0 Å². The number of aromatic amines is 2. The van der Waals surface area contributed by atoms with E-state index in [1.54, 1.807) is 0 Å². The molecule has 2 aromatic heterocycles. The number of rotatable bonds is 2. The summed E-state index contributed by atoms with van der Waals surface area (Å²) in [6.07, 6.45) is 0.774. The van der Waals surface area contributed by atoms with Gasteiger partial charge in [0, 0.05) is 36.6 Å². The minimum atomic E-state index is 0.0269. The van der Waals surface area contributed by atoms with E-state index >= 15 is 0 Å². The van der Waals surface area contributed by atoms with Gasteiger partial charge in [-0.2, -0.15) is 0 Å². The highest BCUT2D eigenvalue weighted by Crippen LogP contribution is 2.18. The first-order chi connectivity index (χ1) is 9.52. The lowest BCUT2D eigenvalue weighted by molar-refractivity contribution is 0.237. The second-order valence-electron chi connectivity index (χ2n) is 5.65. The van der Waals surface area contributed by atoms with E-state index in [1.807, 2.05) is 6.92 Å². The van der Waals surface area contributed by atoms with Crippen LogP contribution >= 0.6 is 0 Å². The SMILES string of the molecule is Cc1cc(C)c(CN2CCc3c(nc(C)[nH]c3=O)C2)[nH]1. The molecule has 0 aliphatic carbocycles. The van der Waals surface area contributed by atoms with Crippen molar-refractivity contribution in [3.8, 4) is 0 Å². The van der Waals surface area contributed by atoms with Crippen LogP contribution in [-0.4, -0.2) is 26.4 Å². The van der Waals surface area contributed by atoms with Crippen molar-refractivity contribution in [3.63, 3.8) is 0 Å². The first-order valence-electron chi connectivity index (χ1n) is 6.99. The number of hydrogen-bond donors (Lipinski definition) is 2. The molecule has 2 N–H and O–H groups in total. The van der Waals surface area contributed by atoms with Crippen LogP contribution in [-0.2, 0) is 19.5 Å². The summed E-state index contributed by atoms with van der Waals surface area (Å²) in [5, 5.41) is 0. The van der Waals surface area contributed by atoms with Gasteiger partial charge in [0.2, 0.25) is 0 Å². The van der Waals surface area contributed by atoms with Gasteiger partial charge in [-0.05, 0) is 38.8 Å². The van der Waals surface area contributed by atoms with Crippen LogP contribution < -0.4 is 5.56 Å². The van der Waals surface area contributed by atoms with Gasteiger partial charge in [-0.25, -0.2) is 4.98 Å². The van der Waals surface area contributed by atoms with Crippen LogP contribution in [0.25, 0.3) is 0 Å². The number of H-pyrrole nitrogens is 2. The van der Waals surface area contributed by atoms with Crippen molar-refractivity contribution >= 4 is 0 Å². The summed E-state index contributed by atoms with van der Waals surface area (Å²) in [6.45, 7) is 8.57. The van der Waals surface area contributed by atoms with Gasteiger partial charge in [0.15, 0.2) is 0 Å². The van der Waals surface area contributed by atoms with Crippen molar-refractivity contribution in [2.45, 2.75) is 40.3 Å². The van der Waals surface area contributed by atoms with Crippen molar-refractivity contribution in [2.75, 3.05) is 6.54 Å². The Morgan fingerprint density at radius 2 is 2.10 bits per heavy atom. The summed E-state index contributed by atoms with van der Waals surface area (Å²) in [6, 6.07) is 2.17. The van der Waals surface area contributed by atoms with Gasteiger partial charge in [-0.1, -0.05) is 0 Å². The zero-order chi connectivity index (χ0) is 14.3. The minimum absolute atomic E-state index is 0.0269. The van der Waals surface area contributed by atoms with Gasteiger partial charge in [0.05, 0.1) is 5.69 Å². The molecule has 0 unspecified atom stereocenters. The molecule has 20 heavy (non-hydrogen) atoms. The second-order valence-corrected chi connectivity index (χ2v) is 5.65. The van der Waals surface area contributed by atoms with Crippen LogP contribution in [0.1, 0.15) is 34.0 Å². The average Bonchev–Trinajstić information content (AvgIpc) is 2.67. The Kier molecular flexibility index (Phi) is 3.22. The smallest absolute Gasteiger partial charge is 0.254 e. The Balaban J connectivity index is 1.82. The van der Waals surface area contributed by atoms with Gasteiger partial charge in [-0.3, -0.25) is 9.69 Å². The average molecular weight is 272 g/mol. The van der Waals surface area contributed by atoms with Gasteiger partial charge < -0.3 is 9.97 Å². The molecule has 2 aromatic rings. The Morgan fingerprint density at radius 3 is 2.80 bits per heavy atom. The van der Waals surface area contributed by atoms with E-state index in [0.717, 1.165) is 37.3 Å². The number of aromatic nitrogens is 3. The monoisotopic (exact) mass is 272 g/mol. The molecule has 106 valence electrons. The molecule has 1 aliphatic heterocycles. The highest BCUT2D eigenvalue weighted by Gasteiger charge is 2.21. The van der Waals surface area contributed by atoms with E-state index in [-0.39, 0.29) is 5.56 Å². The molecule has 5 nitrogen and oxygen atoms in total. The summed E-state index contributed by atoms with van der Waals surface area (Å²) in [5.41, 5.74) is 5.56. The lowest BCUT2D eigenvalue weighted by atomic mass is 10.1. The minimum Gasteiger partial charge on any atom is -0.361 e. The van der Waals surface area contributed by atoms with Crippen molar-refractivity contribution in [2.24, 2.45) is 0 Å². The maximum atomic E-state index is 11.9. The van der Waals surface area contributed by atoms with Crippen molar-refractivity contribution in [3.05, 3.63) is 50.5 Å². The molecule has 0 spiro atoms. The third-order valence-electron chi connectivity index (χ3n) is 3.91. The van der Waals surface area contributed by atoms with Gasteiger partial charge in [0.1, 0.15) is 5.82 Å². The normalized spacial score (nSPS) is 15.3. The van der Waals surface area contributed by atoms with Crippen molar-refractivity contribution < 1.29 is 0 Å². The lowest BCUT2D eigenvalue weighted by Gasteiger charge is -2.27. The Hall–Kier alpha value is -1.88. The molecular weight excluding hydrogens is 252 g/mol. The molecule has 0 atom stereocenters. The number of hydrogen-bond acceptors (Lipinski definition) is 3. The fourth-order valence-corrected chi connectivity index (χ4v) is 2.93. The van der Waals surface area contributed by atoms with E-state index in [4.69, 9.17) is 0 Å². The molecule has 0 amide bonds. The molecule has 0 fully saturated rings. The predicted molar refractivity (Wildman–Crippen MR) is 77.7 cm³/mol. The predicted octanol–water partition coefficient (Wildman–Crippen LogP) is 1.58. The van der Waals surface area contributed by atoms with Crippen LogP contribution in [0, 0.1) is 20.8 Å². The maximum absolute atomic E-state index is 11.9. The molecular formula is C15H20N4O. The zero-order valence-electron chi connectivity index (χ0n) is 12.2. The number of nitrogens with one attached hydrogen (secondary N) is 2. The third-order valence-corrected chi connectivity index (χ3v) is 3.91. The quantitative estimate of drug-likeness (QED) is 0.872. The van der Waals surface area contributed by atoms with E-state index in [0.29, 0.717) is 5.82 Å². The number of aryl methyl sites for hydroxylation is 3. The highest BCUT2D eigenvalue weighted by atomic mass is 16.1. The number of nitrogens with zero attached hydrogens (tertiary/aromatic N) is 2. The first kappa shape index (κ1) is 13.1. The zero-order valence-corrected chi connectivity index (χ0v) is 12.2. The summed E-state index contributed by atoms with van der Waals surface area (Å²) in [5.74, 6) is 0.697. The molecule has 1 aliphatic rings. The highest BCUT2D eigenvalue weighted by molar-refractivity contribution is 5.25. The van der Waals surface area contributed by atoms with E-state index < -0.39 is 0 Å². The molecule has 0 aromatic carbocycles. The first-order valence-corrected chi connectivity index (χ1v) is 6.99. The third kappa shape index (κ3) is 2.41. The summed E-state index contributed by atoms with van der Waals surface area (Å²) >= 11 is 0. The van der Waals surface area contributed by atoms with Crippen LogP contribution in [0.3, 0.4) is 0 Å². The standard InChI is InChI=1S/C15H20N4O/c1-9-6-10(2)16-13(9)7-19-5-4-12-14(8-19)17-11(3)18-15(12)20/h6,16H,4-5,7-8H2,1-3H3,(H,17,18,20). The molecule has 3 heterocycles. The van der Waals surface area contributed by atoms with Gasteiger partial charge >= 0.3 is 0 Å². The topological polar surface area (TPSA) is 64.8 Å². The van der Waals surface area contributed by atoms with Crippen LogP contribution in [0.2, 0.25) is 0 Å². The number of fused-ring (bicyclic) bond motifs is 1.